The Hall–Kier alpha value is -2.48. The summed E-state index contributed by atoms with van der Waals surface area (Å²) in [7, 11) is 0. The molecule has 0 unspecified atom stereocenters. The number of nitrogens with two attached hydrogens (primary N) is 1. The second kappa shape index (κ2) is 7.19. The highest BCUT2D eigenvalue weighted by Crippen LogP contribution is 2.13. The summed E-state index contributed by atoms with van der Waals surface area (Å²) in [6.07, 6.45) is 0. The molecule has 0 saturated heterocycles. The van der Waals surface area contributed by atoms with Gasteiger partial charge in [-0.25, -0.2) is 0 Å². The molecule has 8 heteroatoms. The van der Waals surface area contributed by atoms with Crippen LogP contribution in [0.4, 0.5) is 11.4 Å². The topological polar surface area (TPSA) is 113 Å². The van der Waals surface area contributed by atoms with Crippen LogP contribution in [0.15, 0.2) is 24.3 Å². The maximum atomic E-state index is 11.5. The van der Waals surface area contributed by atoms with Gasteiger partial charge in [-0.3, -0.25) is 14.4 Å². The summed E-state index contributed by atoms with van der Waals surface area (Å²) in [5, 5.41) is 7.25. The number of thiocarbonyl (C=S) groups is 1. The summed E-state index contributed by atoms with van der Waals surface area (Å²) < 4.78 is 0. The first-order chi connectivity index (χ1) is 9.38. The average Bonchev–Trinajstić information content (AvgIpc) is 2.37. The van der Waals surface area contributed by atoms with Gasteiger partial charge in [0.1, 0.15) is 0 Å². The zero-order valence-corrected chi connectivity index (χ0v) is 11.5. The largest absolute Gasteiger partial charge is 0.392 e. The Bertz CT molecular complexity index is 542. The number of hydrogen-bond acceptors (Lipinski definition) is 4. The fourth-order valence-electron chi connectivity index (χ4n) is 1.28. The lowest BCUT2D eigenvalue weighted by molar-refractivity contribution is -0.135. The van der Waals surface area contributed by atoms with E-state index in [1.165, 1.54) is 6.92 Å². The van der Waals surface area contributed by atoms with Crippen LogP contribution < -0.4 is 21.7 Å². The van der Waals surface area contributed by atoms with Crippen molar-refractivity contribution in [1.82, 2.24) is 5.32 Å². The third-order valence-corrected chi connectivity index (χ3v) is 2.24. The zero-order chi connectivity index (χ0) is 15.1. The van der Waals surface area contributed by atoms with Crippen LogP contribution in [0.3, 0.4) is 0 Å². The molecule has 106 valence electrons. The summed E-state index contributed by atoms with van der Waals surface area (Å²) in [4.78, 5) is 33.8. The van der Waals surface area contributed by atoms with Gasteiger partial charge in [0.05, 0.1) is 11.5 Å². The predicted molar refractivity (Wildman–Crippen MR) is 79.2 cm³/mol. The summed E-state index contributed by atoms with van der Waals surface area (Å²) in [6.45, 7) is 1.35. The first-order valence-electron chi connectivity index (χ1n) is 5.63. The van der Waals surface area contributed by atoms with Crippen molar-refractivity contribution in [3.05, 3.63) is 24.3 Å². The van der Waals surface area contributed by atoms with E-state index in [1.54, 1.807) is 24.3 Å². The van der Waals surface area contributed by atoms with Crippen LogP contribution >= 0.6 is 12.2 Å². The molecule has 0 heterocycles. The Labute approximate surface area is 120 Å². The van der Waals surface area contributed by atoms with E-state index in [4.69, 9.17) is 5.73 Å². The molecule has 0 radical (unpaired) electrons. The maximum absolute atomic E-state index is 11.5. The molecular weight excluding hydrogens is 280 g/mol. The highest BCUT2D eigenvalue weighted by molar-refractivity contribution is 7.80. The van der Waals surface area contributed by atoms with Gasteiger partial charge in [-0.1, -0.05) is 12.2 Å². The molecule has 1 rings (SSSR count). The van der Waals surface area contributed by atoms with E-state index in [0.29, 0.717) is 11.4 Å². The lowest BCUT2D eigenvalue weighted by Crippen LogP contribution is -2.39. The summed E-state index contributed by atoms with van der Waals surface area (Å²) in [5.41, 5.74) is 6.22. The van der Waals surface area contributed by atoms with E-state index in [-0.39, 0.29) is 17.4 Å². The highest BCUT2D eigenvalue weighted by Gasteiger charge is 2.13. The van der Waals surface area contributed by atoms with Gasteiger partial charge in [0.15, 0.2) is 0 Å². The number of rotatable bonds is 4. The molecule has 0 fully saturated rings. The second-order valence-corrected chi connectivity index (χ2v) is 4.39. The summed E-state index contributed by atoms with van der Waals surface area (Å²) >= 11 is 4.58. The standard InChI is InChI=1S/C12H14N4O3S/c1-7(17)15-8-2-4-9(5-3-8)16-12(19)11(18)14-6-10(13)20/h2-5H,6H2,1H3,(H2,13,20)(H,14,18)(H,15,17)(H,16,19). The zero-order valence-electron chi connectivity index (χ0n) is 10.7. The number of carbonyl (C=O) groups excluding carboxylic acids is 3. The van der Waals surface area contributed by atoms with Gasteiger partial charge < -0.3 is 21.7 Å². The first kappa shape index (κ1) is 15.6. The van der Waals surface area contributed by atoms with Crippen molar-refractivity contribution in [2.75, 3.05) is 17.2 Å². The van der Waals surface area contributed by atoms with Gasteiger partial charge in [0.25, 0.3) is 0 Å². The fourth-order valence-corrected chi connectivity index (χ4v) is 1.35. The minimum Gasteiger partial charge on any atom is -0.392 e. The third-order valence-electron chi connectivity index (χ3n) is 2.09. The molecule has 0 saturated carbocycles. The molecule has 1 aromatic rings. The van der Waals surface area contributed by atoms with Gasteiger partial charge in [-0.05, 0) is 24.3 Å². The van der Waals surface area contributed by atoms with Crippen LogP contribution in [0.5, 0.6) is 0 Å². The number of benzene rings is 1. The molecule has 0 atom stereocenters. The molecule has 0 bridgehead atoms. The Morgan fingerprint density at radius 2 is 1.55 bits per heavy atom. The normalized spacial score (nSPS) is 9.45. The Morgan fingerprint density at radius 3 is 2.00 bits per heavy atom. The molecule has 7 nitrogen and oxygen atoms in total. The van der Waals surface area contributed by atoms with Crippen molar-refractivity contribution < 1.29 is 14.4 Å². The van der Waals surface area contributed by atoms with Crippen LogP contribution in [-0.2, 0) is 14.4 Å². The highest BCUT2D eigenvalue weighted by atomic mass is 32.1. The smallest absolute Gasteiger partial charge is 0.313 e. The summed E-state index contributed by atoms with van der Waals surface area (Å²) in [5.74, 6) is -1.85. The SMILES string of the molecule is CC(=O)Nc1ccc(NC(=O)C(=O)NCC(N)=S)cc1. The lowest BCUT2D eigenvalue weighted by atomic mass is 10.2. The number of carbonyl (C=O) groups is 3. The van der Waals surface area contributed by atoms with Crippen LogP contribution in [0, 0.1) is 0 Å². The fraction of sp³-hybridized carbons (Fsp3) is 0.167. The molecule has 0 aliphatic rings. The van der Waals surface area contributed by atoms with E-state index in [2.05, 4.69) is 28.2 Å². The van der Waals surface area contributed by atoms with E-state index in [1.807, 2.05) is 0 Å². The van der Waals surface area contributed by atoms with Crippen LogP contribution in [0.2, 0.25) is 0 Å². The van der Waals surface area contributed by atoms with Crippen molar-refractivity contribution in [3.63, 3.8) is 0 Å². The molecule has 0 aliphatic carbocycles. The number of nitrogens with one attached hydrogen (secondary N) is 3. The van der Waals surface area contributed by atoms with Crippen molar-refractivity contribution in [3.8, 4) is 0 Å². The van der Waals surface area contributed by atoms with Crippen molar-refractivity contribution in [2.24, 2.45) is 5.73 Å². The van der Waals surface area contributed by atoms with Crippen molar-refractivity contribution >= 4 is 46.3 Å². The Kier molecular flexibility index (Phi) is 5.60. The van der Waals surface area contributed by atoms with E-state index >= 15 is 0 Å². The van der Waals surface area contributed by atoms with Crippen molar-refractivity contribution in [2.45, 2.75) is 6.92 Å². The van der Waals surface area contributed by atoms with E-state index < -0.39 is 11.8 Å². The molecule has 0 spiro atoms. The number of amides is 3. The molecular formula is C12H14N4O3S. The van der Waals surface area contributed by atoms with Crippen LogP contribution in [-0.4, -0.2) is 29.3 Å². The van der Waals surface area contributed by atoms with Crippen molar-refractivity contribution in [1.29, 1.82) is 0 Å². The third kappa shape index (κ3) is 5.44. The van der Waals surface area contributed by atoms with Crippen LogP contribution in [0.1, 0.15) is 6.92 Å². The van der Waals surface area contributed by atoms with E-state index in [0.717, 1.165) is 0 Å². The van der Waals surface area contributed by atoms with E-state index in [9.17, 15) is 14.4 Å². The van der Waals surface area contributed by atoms with Gasteiger partial charge in [-0.15, -0.1) is 0 Å². The monoisotopic (exact) mass is 294 g/mol. The Balaban J connectivity index is 2.55. The number of hydrogen-bond donors (Lipinski definition) is 4. The average molecular weight is 294 g/mol. The quantitative estimate of drug-likeness (QED) is 0.460. The minimum absolute atomic E-state index is 0.0386. The van der Waals surface area contributed by atoms with Gasteiger partial charge >= 0.3 is 11.8 Å². The second-order valence-electron chi connectivity index (χ2n) is 3.86. The molecule has 0 aliphatic heterocycles. The Morgan fingerprint density at radius 1 is 1.05 bits per heavy atom. The molecule has 3 amide bonds. The first-order valence-corrected chi connectivity index (χ1v) is 6.04. The molecule has 5 N–H and O–H groups in total. The van der Waals surface area contributed by atoms with Gasteiger partial charge in [0, 0.05) is 18.3 Å². The number of anilines is 2. The summed E-state index contributed by atoms with van der Waals surface area (Å²) in [6, 6.07) is 6.32. The van der Waals surface area contributed by atoms with Gasteiger partial charge in [-0.2, -0.15) is 0 Å². The molecule has 0 aromatic heterocycles. The predicted octanol–water partition coefficient (Wildman–Crippen LogP) is -0.0142. The van der Waals surface area contributed by atoms with Crippen LogP contribution in [0.25, 0.3) is 0 Å². The maximum Gasteiger partial charge on any atom is 0.313 e. The minimum atomic E-state index is -0.830. The molecule has 1 aromatic carbocycles. The molecule has 20 heavy (non-hydrogen) atoms. The lowest BCUT2D eigenvalue weighted by Gasteiger charge is -2.07. The van der Waals surface area contributed by atoms with Gasteiger partial charge in [0.2, 0.25) is 5.91 Å².